The van der Waals surface area contributed by atoms with Crippen LogP contribution in [0.1, 0.15) is 10.9 Å². The van der Waals surface area contributed by atoms with Crippen LogP contribution >= 0.6 is 11.8 Å². The molecule has 3 N–H and O–H groups in total. The number of aromatic nitrogens is 2. The number of rotatable bonds is 1. The van der Waals surface area contributed by atoms with Gasteiger partial charge in [0.05, 0.1) is 6.20 Å². The lowest BCUT2D eigenvalue weighted by molar-refractivity contribution is 0.407. The Kier molecular flexibility index (Phi) is 1.73. The maximum atomic E-state index is 5.71. The van der Waals surface area contributed by atoms with Crippen molar-refractivity contribution in [3.63, 3.8) is 0 Å². The van der Waals surface area contributed by atoms with Crippen molar-refractivity contribution in [3.8, 4) is 0 Å². The van der Waals surface area contributed by atoms with Crippen LogP contribution in [0.3, 0.4) is 0 Å². The van der Waals surface area contributed by atoms with Crippen molar-refractivity contribution in [2.75, 3.05) is 7.05 Å². The fraction of sp³-hybridized carbons (Fsp3) is 0.286. The first-order valence-electron chi connectivity index (χ1n) is 3.61. The average Bonchev–Trinajstić information content (AvgIpc) is 2.64. The van der Waals surface area contributed by atoms with E-state index in [1.54, 1.807) is 11.8 Å². The maximum Gasteiger partial charge on any atom is 0.109 e. The third-order valence-corrected chi connectivity index (χ3v) is 3.11. The van der Waals surface area contributed by atoms with Gasteiger partial charge in [-0.1, -0.05) is 0 Å². The van der Waals surface area contributed by atoms with Crippen LogP contribution in [-0.2, 0) is 0 Å². The highest BCUT2D eigenvalue weighted by Crippen LogP contribution is 2.38. The van der Waals surface area contributed by atoms with Crippen molar-refractivity contribution in [1.29, 1.82) is 0 Å². The van der Waals surface area contributed by atoms with Gasteiger partial charge in [-0.2, -0.15) is 5.10 Å². The molecule has 0 saturated carbocycles. The third-order valence-electron chi connectivity index (χ3n) is 1.88. The number of H-pyrrole nitrogens is 1. The highest BCUT2D eigenvalue weighted by molar-refractivity contribution is 8.02. The van der Waals surface area contributed by atoms with Gasteiger partial charge in [0.15, 0.2) is 0 Å². The van der Waals surface area contributed by atoms with Crippen molar-refractivity contribution < 1.29 is 0 Å². The molecule has 1 aliphatic rings. The Morgan fingerprint density at radius 2 is 2.58 bits per heavy atom. The van der Waals surface area contributed by atoms with Gasteiger partial charge in [0.25, 0.3) is 0 Å². The number of aromatic amines is 1. The molecule has 12 heavy (non-hydrogen) atoms. The zero-order valence-corrected chi connectivity index (χ0v) is 7.51. The Labute approximate surface area is 74.8 Å². The lowest BCUT2D eigenvalue weighted by Gasteiger charge is -2.20. The van der Waals surface area contributed by atoms with Gasteiger partial charge in [-0.15, -0.1) is 11.8 Å². The summed E-state index contributed by atoms with van der Waals surface area (Å²) in [5, 5.41) is 8.92. The Morgan fingerprint density at radius 1 is 1.75 bits per heavy atom. The first kappa shape index (κ1) is 7.54. The number of nitrogens with two attached hydrogens (primary N) is 1. The van der Waals surface area contributed by atoms with Gasteiger partial charge in [0.2, 0.25) is 0 Å². The molecule has 1 atom stereocenters. The van der Waals surface area contributed by atoms with E-state index in [0.717, 1.165) is 11.4 Å². The number of hydrogen-bond acceptors (Lipinski definition) is 4. The molecule has 0 bridgehead atoms. The number of thioether (sulfide) groups is 1. The highest BCUT2D eigenvalue weighted by Gasteiger charge is 2.23. The molecule has 0 fully saturated rings. The van der Waals surface area contributed by atoms with E-state index in [2.05, 4.69) is 10.2 Å². The van der Waals surface area contributed by atoms with Crippen LogP contribution in [0.2, 0.25) is 0 Å². The molecule has 64 valence electrons. The monoisotopic (exact) mass is 182 g/mol. The number of hydrogen-bond donors (Lipinski definition) is 2. The molecule has 1 unspecified atom stereocenters. The lowest BCUT2D eigenvalue weighted by Crippen LogP contribution is -2.21. The quantitative estimate of drug-likeness (QED) is 0.676. The van der Waals surface area contributed by atoms with Gasteiger partial charge < -0.3 is 10.6 Å². The Bertz CT molecular complexity index is 292. The van der Waals surface area contributed by atoms with Crippen molar-refractivity contribution in [1.82, 2.24) is 15.1 Å². The SMILES string of the molecule is CN1C(N)=CSC1c1cn[nH]c1. The van der Waals surface area contributed by atoms with E-state index in [0.29, 0.717) is 0 Å². The summed E-state index contributed by atoms with van der Waals surface area (Å²) >= 11 is 1.70. The summed E-state index contributed by atoms with van der Waals surface area (Å²) < 4.78 is 0. The molecule has 1 aliphatic heterocycles. The molecule has 0 saturated heterocycles. The maximum absolute atomic E-state index is 5.71. The molecule has 2 rings (SSSR count). The van der Waals surface area contributed by atoms with E-state index in [4.69, 9.17) is 5.73 Å². The van der Waals surface area contributed by atoms with Crippen LogP contribution < -0.4 is 5.73 Å². The first-order valence-corrected chi connectivity index (χ1v) is 4.56. The van der Waals surface area contributed by atoms with E-state index < -0.39 is 0 Å². The minimum absolute atomic E-state index is 0.281. The zero-order chi connectivity index (χ0) is 8.55. The molecular weight excluding hydrogens is 172 g/mol. The molecule has 5 heteroatoms. The largest absolute Gasteiger partial charge is 0.385 e. The lowest BCUT2D eigenvalue weighted by atomic mass is 10.3. The van der Waals surface area contributed by atoms with Crippen LogP contribution in [0.4, 0.5) is 0 Å². The van der Waals surface area contributed by atoms with Crippen LogP contribution in [0.25, 0.3) is 0 Å². The van der Waals surface area contributed by atoms with E-state index in [9.17, 15) is 0 Å². The summed E-state index contributed by atoms with van der Waals surface area (Å²) in [5.41, 5.74) is 6.86. The van der Waals surface area contributed by atoms with Gasteiger partial charge in [0, 0.05) is 24.2 Å². The van der Waals surface area contributed by atoms with Gasteiger partial charge in [-0.05, 0) is 0 Å². The second-order valence-corrected chi connectivity index (χ2v) is 3.63. The summed E-state index contributed by atoms with van der Waals surface area (Å²) in [5.74, 6) is 0.811. The van der Waals surface area contributed by atoms with Crippen LogP contribution in [-0.4, -0.2) is 22.1 Å². The van der Waals surface area contributed by atoms with Crippen LogP contribution in [0.15, 0.2) is 23.6 Å². The minimum Gasteiger partial charge on any atom is -0.385 e. The second kappa shape index (κ2) is 2.75. The molecular formula is C7H10N4S. The van der Waals surface area contributed by atoms with Crippen molar-refractivity contribution in [3.05, 3.63) is 29.2 Å². The minimum atomic E-state index is 0.281. The summed E-state index contributed by atoms with van der Waals surface area (Å²) in [6.45, 7) is 0. The molecule has 0 amide bonds. The van der Waals surface area contributed by atoms with Gasteiger partial charge >= 0.3 is 0 Å². The molecule has 0 spiro atoms. The average molecular weight is 182 g/mol. The van der Waals surface area contributed by atoms with E-state index >= 15 is 0 Å². The topological polar surface area (TPSA) is 57.9 Å². The van der Waals surface area contributed by atoms with Crippen LogP contribution in [0.5, 0.6) is 0 Å². The number of nitrogens with zero attached hydrogens (tertiary/aromatic N) is 2. The fourth-order valence-electron chi connectivity index (χ4n) is 1.14. The Morgan fingerprint density at radius 3 is 3.08 bits per heavy atom. The smallest absolute Gasteiger partial charge is 0.109 e. The predicted molar refractivity (Wildman–Crippen MR) is 49.0 cm³/mol. The third kappa shape index (κ3) is 1.06. The normalized spacial score (nSPS) is 22.9. The van der Waals surface area contributed by atoms with Gasteiger partial charge in [0.1, 0.15) is 11.2 Å². The molecule has 0 aromatic carbocycles. The molecule has 4 nitrogen and oxygen atoms in total. The zero-order valence-electron chi connectivity index (χ0n) is 6.69. The molecule has 0 aliphatic carbocycles. The van der Waals surface area contributed by atoms with Crippen molar-refractivity contribution in [2.24, 2.45) is 5.73 Å². The molecule has 0 radical (unpaired) electrons. The molecule has 1 aromatic rings. The standard InChI is InChI=1S/C7H10N4S/c1-11-6(8)4-12-7(11)5-2-9-10-3-5/h2-4,7H,8H2,1H3,(H,9,10). The molecule has 2 heterocycles. The van der Waals surface area contributed by atoms with E-state index in [1.807, 2.05) is 29.7 Å². The Balaban J connectivity index is 2.20. The Hall–Kier alpha value is -1.10. The second-order valence-electron chi connectivity index (χ2n) is 2.67. The van der Waals surface area contributed by atoms with E-state index in [1.165, 1.54) is 0 Å². The van der Waals surface area contributed by atoms with Crippen LogP contribution in [0, 0.1) is 0 Å². The number of nitrogens with one attached hydrogen (secondary N) is 1. The van der Waals surface area contributed by atoms with E-state index in [-0.39, 0.29) is 5.37 Å². The molecule has 1 aromatic heterocycles. The van der Waals surface area contributed by atoms with Gasteiger partial charge in [-0.3, -0.25) is 5.10 Å². The van der Waals surface area contributed by atoms with Crippen molar-refractivity contribution >= 4 is 11.8 Å². The van der Waals surface area contributed by atoms with Crippen molar-refractivity contribution in [2.45, 2.75) is 5.37 Å². The summed E-state index contributed by atoms with van der Waals surface area (Å²) in [4.78, 5) is 2.02. The first-order chi connectivity index (χ1) is 5.79. The highest BCUT2D eigenvalue weighted by atomic mass is 32.2. The summed E-state index contributed by atoms with van der Waals surface area (Å²) in [6.07, 6.45) is 3.71. The van der Waals surface area contributed by atoms with Gasteiger partial charge in [-0.25, -0.2) is 0 Å². The summed E-state index contributed by atoms with van der Waals surface area (Å²) in [7, 11) is 1.98. The summed E-state index contributed by atoms with van der Waals surface area (Å²) in [6, 6.07) is 0. The fourth-order valence-corrected chi connectivity index (χ4v) is 2.17. The predicted octanol–water partition coefficient (Wildman–Crippen LogP) is 0.845.